The molecule has 1 N–H and O–H groups in total. The highest BCUT2D eigenvalue weighted by Crippen LogP contribution is 2.36. The summed E-state index contributed by atoms with van der Waals surface area (Å²) < 4.78 is 20.3. The Labute approximate surface area is 234 Å². The second-order valence-corrected chi connectivity index (χ2v) is 11.4. The van der Waals surface area contributed by atoms with E-state index >= 15 is 4.39 Å². The van der Waals surface area contributed by atoms with Gasteiger partial charge in [-0.3, -0.25) is 14.4 Å². The second kappa shape index (κ2) is 11.7. The molecule has 0 aromatic heterocycles. The number of amides is 4. The summed E-state index contributed by atoms with van der Waals surface area (Å²) in [6, 6.07) is 8.76. The molecule has 4 amide bonds. The van der Waals surface area contributed by atoms with Gasteiger partial charge in [0.2, 0.25) is 17.7 Å². The molecule has 10 heteroatoms. The fourth-order valence-electron chi connectivity index (χ4n) is 5.50. The van der Waals surface area contributed by atoms with Crippen molar-refractivity contribution >= 4 is 23.8 Å². The molecule has 0 spiro atoms. The predicted molar refractivity (Wildman–Crippen MR) is 147 cm³/mol. The highest BCUT2D eigenvalue weighted by atomic mass is 19.1. The summed E-state index contributed by atoms with van der Waals surface area (Å²) in [7, 11) is 6.05. The number of rotatable bonds is 7. The third kappa shape index (κ3) is 5.80. The molecule has 2 aromatic rings. The van der Waals surface area contributed by atoms with E-state index in [0.29, 0.717) is 19.3 Å². The first-order chi connectivity index (χ1) is 18.9. The molecule has 1 unspecified atom stereocenters. The molecule has 1 aliphatic heterocycles. The van der Waals surface area contributed by atoms with Gasteiger partial charge in [-0.05, 0) is 59.9 Å². The first kappa shape index (κ1) is 29.0. The van der Waals surface area contributed by atoms with Crippen LogP contribution < -0.4 is 10.1 Å². The summed E-state index contributed by atoms with van der Waals surface area (Å²) in [5, 5.41) is 2.96. The fourth-order valence-corrected chi connectivity index (χ4v) is 5.50. The Morgan fingerprint density at radius 3 is 2.17 bits per heavy atom. The van der Waals surface area contributed by atoms with Gasteiger partial charge in [-0.1, -0.05) is 44.2 Å². The summed E-state index contributed by atoms with van der Waals surface area (Å²) in [4.78, 5) is 57.4. The number of hydrogen-bond donors (Lipinski definition) is 1. The first-order valence-corrected chi connectivity index (χ1v) is 13.5. The largest absolute Gasteiger partial charge is 0.414 e. The molecule has 40 heavy (non-hydrogen) atoms. The number of piperazine rings is 1. The number of nitrogens with zero attached hydrogens (tertiary/aromatic N) is 3. The van der Waals surface area contributed by atoms with E-state index in [1.807, 2.05) is 38.1 Å². The van der Waals surface area contributed by atoms with Gasteiger partial charge in [0.05, 0.1) is 0 Å². The molecule has 4 rings (SSSR count). The molecular formula is C30H37FN4O5. The number of carbonyl (C=O) groups excluding carboxylic acids is 4. The minimum absolute atomic E-state index is 0.0398. The minimum atomic E-state index is -1.25. The van der Waals surface area contributed by atoms with Crippen LogP contribution in [0.3, 0.4) is 0 Å². The number of nitrogens with one attached hydrogen (secondary N) is 1. The molecule has 0 saturated carbocycles. The molecule has 0 radical (unpaired) electrons. The number of benzene rings is 2. The van der Waals surface area contributed by atoms with E-state index in [9.17, 15) is 19.2 Å². The molecule has 1 aliphatic carbocycles. The summed E-state index contributed by atoms with van der Waals surface area (Å²) >= 11 is 0. The lowest BCUT2D eigenvalue weighted by Gasteiger charge is -2.45. The van der Waals surface area contributed by atoms with Gasteiger partial charge in [0, 0.05) is 28.2 Å². The Balaban J connectivity index is 1.75. The van der Waals surface area contributed by atoms with Gasteiger partial charge in [0.25, 0.3) is 0 Å². The molecule has 214 valence electrons. The van der Waals surface area contributed by atoms with Crippen molar-refractivity contribution in [1.29, 1.82) is 0 Å². The molecule has 1 fully saturated rings. The third-order valence-corrected chi connectivity index (χ3v) is 7.49. The smallest absolute Gasteiger partial charge is 0.407 e. The molecule has 9 nitrogen and oxygen atoms in total. The van der Waals surface area contributed by atoms with Crippen molar-refractivity contribution in [3.63, 3.8) is 0 Å². The second-order valence-electron chi connectivity index (χ2n) is 11.4. The minimum Gasteiger partial charge on any atom is -0.407 e. The molecule has 2 aromatic carbocycles. The highest BCUT2D eigenvalue weighted by Gasteiger charge is 2.49. The Morgan fingerprint density at radius 2 is 1.65 bits per heavy atom. The standard InChI is InChI=1S/C30H37FN4O5/c1-17(2)13-23-27(36)32-25(21-14-18-9-7-8-10-19(18)15-21)28(37)35(23)26(29(38)33(3)4)20-11-12-24(22(31)16-20)40-30(39)34(5)6/h7-12,16-17,21,23,25-26H,13-15H2,1-6H3,(H,32,36)/t23-,25?,26-/m1/s1. The van der Waals surface area contributed by atoms with E-state index in [0.717, 1.165) is 22.1 Å². The summed E-state index contributed by atoms with van der Waals surface area (Å²) in [6.07, 6.45) is 0.825. The van der Waals surface area contributed by atoms with Crippen LogP contribution in [0.1, 0.15) is 43.0 Å². The van der Waals surface area contributed by atoms with Crippen LogP contribution in [-0.2, 0) is 27.2 Å². The number of ether oxygens (including phenoxy) is 1. The Morgan fingerprint density at radius 1 is 1.02 bits per heavy atom. The van der Waals surface area contributed by atoms with Gasteiger partial charge in [-0.2, -0.15) is 0 Å². The topological polar surface area (TPSA) is 99.3 Å². The number of halogens is 1. The zero-order valence-electron chi connectivity index (χ0n) is 23.8. The zero-order chi connectivity index (χ0) is 29.3. The SMILES string of the molecule is CC(C)C[C@@H]1C(=O)NC(C2Cc3ccccc3C2)C(=O)N1[C@@H](C(=O)N(C)C)c1ccc(OC(=O)N(C)C)c(F)c1. The molecular weight excluding hydrogens is 515 g/mol. The summed E-state index contributed by atoms with van der Waals surface area (Å²) in [6.45, 7) is 3.87. The average molecular weight is 553 g/mol. The quantitative estimate of drug-likeness (QED) is 0.569. The normalized spacial score (nSPS) is 19.8. The van der Waals surface area contributed by atoms with Crippen molar-refractivity contribution in [2.24, 2.45) is 11.8 Å². The van der Waals surface area contributed by atoms with Gasteiger partial charge in [-0.15, -0.1) is 0 Å². The number of hydrogen-bond acceptors (Lipinski definition) is 5. The molecule has 0 bridgehead atoms. The first-order valence-electron chi connectivity index (χ1n) is 13.5. The lowest BCUT2D eigenvalue weighted by atomic mass is 9.88. The Bertz CT molecular complexity index is 1290. The molecule has 2 aliphatic rings. The van der Waals surface area contributed by atoms with Gasteiger partial charge in [0.15, 0.2) is 11.6 Å². The van der Waals surface area contributed by atoms with Gasteiger partial charge < -0.3 is 24.8 Å². The van der Waals surface area contributed by atoms with Gasteiger partial charge in [0.1, 0.15) is 18.1 Å². The summed E-state index contributed by atoms with van der Waals surface area (Å²) in [5.74, 6) is -2.46. The molecule has 3 atom stereocenters. The fraction of sp³-hybridized carbons (Fsp3) is 0.467. The highest BCUT2D eigenvalue weighted by molar-refractivity contribution is 6.00. The van der Waals surface area contributed by atoms with Gasteiger partial charge >= 0.3 is 6.09 Å². The van der Waals surface area contributed by atoms with Crippen molar-refractivity contribution in [3.05, 3.63) is 65.0 Å². The van der Waals surface area contributed by atoms with Crippen LogP contribution in [0.4, 0.5) is 9.18 Å². The van der Waals surface area contributed by atoms with Crippen molar-refractivity contribution < 1.29 is 28.3 Å². The van der Waals surface area contributed by atoms with Crippen LogP contribution in [0.15, 0.2) is 42.5 Å². The number of likely N-dealkylation sites (N-methyl/N-ethyl adjacent to an activating group) is 1. The van der Waals surface area contributed by atoms with Crippen molar-refractivity contribution in [2.45, 2.75) is 51.2 Å². The van der Waals surface area contributed by atoms with Crippen LogP contribution >= 0.6 is 0 Å². The number of fused-ring (bicyclic) bond motifs is 1. The third-order valence-electron chi connectivity index (χ3n) is 7.49. The van der Waals surface area contributed by atoms with Crippen LogP contribution in [0.2, 0.25) is 0 Å². The maximum atomic E-state index is 15.2. The summed E-state index contributed by atoms with van der Waals surface area (Å²) in [5.41, 5.74) is 2.46. The predicted octanol–water partition coefficient (Wildman–Crippen LogP) is 3.17. The van der Waals surface area contributed by atoms with Crippen molar-refractivity contribution in [3.8, 4) is 5.75 Å². The Kier molecular flexibility index (Phi) is 8.46. The van der Waals surface area contributed by atoms with Crippen LogP contribution in [0.5, 0.6) is 5.75 Å². The van der Waals surface area contributed by atoms with E-state index in [-0.39, 0.29) is 35.0 Å². The van der Waals surface area contributed by atoms with E-state index in [1.54, 1.807) is 14.1 Å². The van der Waals surface area contributed by atoms with Crippen LogP contribution in [0.25, 0.3) is 0 Å². The van der Waals surface area contributed by atoms with E-state index < -0.39 is 35.9 Å². The maximum Gasteiger partial charge on any atom is 0.414 e. The number of carbonyl (C=O) groups is 4. The zero-order valence-corrected chi connectivity index (χ0v) is 23.8. The Hall–Kier alpha value is -3.95. The van der Waals surface area contributed by atoms with Crippen molar-refractivity contribution in [1.82, 2.24) is 20.0 Å². The van der Waals surface area contributed by atoms with E-state index in [4.69, 9.17) is 4.74 Å². The van der Waals surface area contributed by atoms with Gasteiger partial charge in [-0.25, -0.2) is 9.18 Å². The average Bonchev–Trinajstić information content (AvgIpc) is 3.32. The van der Waals surface area contributed by atoms with E-state index in [2.05, 4.69) is 5.32 Å². The van der Waals surface area contributed by atoms with Crippen LogP contribution in [0, 0.1) is 17.7 Å². The molecule has 1 heterocycles. The molecule has 1 saturated heterocycles. The van der Waals surface area contributed by atoms with Crippen LogP contribution in [-0.4, -0.2) is 78.8 Å². The lowest BCUT2D eigenvalue weighted by Crippen LogP contribution is -2.67. The monoisotopic (exact) mass is 552 g/mol. The van der Waals surface area contributed by atoms with E-state index in [1.165, 1.54) is 36.0 Å². The maximum absolute atomic E-state index is 15.2. The lowest BCUT2D eigenvalue weighted by molar-refractivity contribution is -0.159. The van der Waals surface area contributed by atoms with Crippen molar-refractivity contribution in [2.75, 3.05) is 28.2 Å².